The summed E-state index contributed by atoms with van der Waals surface area (Å²) in [4.78, 5) is 12.2. The Morgan fingerprint density at radius 3 is 2.33 bits per heavy atom. The van der Waals surface area contributed by atoms with Crippen molar-refractivity contribution in [3.8, 4) is 0 Å². The van der Waals surface area contributed by atoms with Gasteiger partial charge in [-0.25, -0.2) is 0 Å². The number of aryl methyl sites for hydroxylation is 1. The monoisotopic (exact) mass is 282 g/mol. The molecular formula is C18H22N2O. The summed E-state index contributed by atoms with van der Waals surface area (Å²) in [6.45, 7) is 5.09. The SMILES string of the molecule is CCCCNc1ccc(NC(=O)c2ccccc2C)cc1. The van der Waals surface area contributed by atoms with Crippen molar-refractivity contribution in [2.45, 2.75) is 26.7 Å². The van der Waals surface area contributed by atoms with Crippen molar-refractivity contribution in [3.63, 3.8) is 0 Å². The molecule has 0 heterocycles. The maximum atomic E-state index is 12.2. The lowest BCUT2D eigenvalue weighted by Crippen LogP contribution is -2.13. The third-order valence-electron chi connectivity index (χ3n) is 3.39. The third-order valence-corrected chi connectivity index (χ3v) is 3.39. The molecule has 2 aromatic carbocycles. The highest BCUT2D eigenvalue weighted by atomic mass is 16.1. The molecule has 0 atom stereocenters. The molecule has 110 valence electrons. The molecule has 0 saturated carbocycles. The van der Waals surface area contributed by atoms with E-state index >= 15 is 0 Å². The normalized spacial score (nSPS) is 10.2. The van der Waals surface area contributed by atoms with Crippen LogP contribution in [0.2, 0.25) is 0 Å². The summed E-state index contributed by atoms with van der Waals surface area (Å²) in [6.07, 6.45) is 2.34. The Morgan fingerprint density at radius 2 is 1.67 bits per heavy atom. The Bertz CT molecular complexity index is 590. The van der Waals surface area contributed by atoms with Gasteiger partial charge in [0.15, 0.2) is 0 Å². The number of rotatable bonds is 6. The average molecular weight is 282 g/mol. The van der Waals surface area contributed by atoms with Crippen LogP contribution >= 0.6 is 0 Å². The molecule has 0 saturated heterocycles. The number of carbonyl (C=O) groups excluding carboxylic acids is 1. The van der Waals surface area contributed by atoms with Crippen LogP contribution in [0, 0.1) is 6.92 Å². The predicted molar refractivity (Wildman–Crippen MR) is 89.0 cm³/mol. The number of amides is 1. The van der Waals surface area contributed by atoms with Gasteiger partial charge >= 0.3 is 0 Å². The number of nitrogens with one attached hydrogen (secondary N) is 2. The maximum absolute atomic E-state index is 12.2. The first kappa shape index (κ1) is 15.1. The van der Waals surface area contributed by atoms with Crippen molar-refractivity contribution in [2.24, 2.45) is 0 Å². The molecule has 0 spiro atoms. The zero-order chi connectivity index (χ0) is 15.1. The molecule has 3 nitrogen and oxygen atoms in total. The molecule has 1 amide bonds. The van der Waals surface area contributed by atoms with Crippen molar-refractivity contribution in [1.82, 2.24) is 0 Å². The van der Waals surface area contributed by atoms with Gasteiger partial charge in [-0.15, -0.1) is 0 Å². The van der Waals surface area contributed by atoms with Gasteiger partial charge in [0.25, 0.3) is 5.91 Å². The molecule has 2 rings (SSSR count). The van der Waals surface area contributed by atoms with E-state index in [1.165, 1.54) is 6.42 Å². The molecule has 2 aromatic rings. The predicted octanol–water partition coefficient (Wildman–Crippen LogP) is 4.46. The van der Waals surface area contributed by atoms with Crippen LogP contribution in [-0.2, 0) is 0 Å². The highest BCUT2D eigenvalue weighted by Gasteiger charge is 2.08. The van der Waals surface area contributed by atoms with E-state index in [1.807, 2.05) is 55.5 Å². The van der Waals surface area contributed by atoms with Gasteiger partial charge in [-0.1, -0.05) is 31.5 Å². The summed E-state index contributed by atoms with van der Waals surface area (Å²) in [5.74, 6) is -0.0696. The molecule has 0 aliphatic heterocycles. The molecule has 0 radical (unpaired) electrons. The number of hydrogen-bond acceptors (Lipinski definition) is 2. The van der Waals surface area contributed by atoms with Crippen molar-refractivity contribution >= 4 is 17.3 Å². The summed E-state index contributed by atoms with van der Waals surface area (Å²) in [7, 11) is 0. The van der Waals surface area contributed by atoms with Crippen LogP contribution in [0.4, 0.5) is 11.4 Å². The van der Waals surface area contributed by atoms with Gasteiger partial charge in [0.05, 0.1) is 0 Å². The first-order chi connectivity index (χ1) is 10.2. The lowest BCUT2D eigenvalue weighted by Gasteiger charge is -2.09. The summed E-state index contributed by atoms with van der Waals surface area (Å²) in [5.41, 5.74) is 3.58. The highest BCUT2D eigenvalue weighted by Crippen LogP contribution is 2.16. The second-order valence-electron chi connectivity index (χ2n) is 5.13. The van der Waals surface area contributed by atoms with Crippen LogP contribution in [0.25, 0.3) is 0 Å². The number of anilines is 2. The summed E-state index contributed by atoms with van der Waals surface area (Å²) in [6, 6.07) is 15.4. The smallest absolute Gasteiger partial charge is 0.255 e. The van der Waals surface area contributed by atoms with E-state index in [9.17, 15) is 4.79 Å². The molecule has 0 aliphatic rings. The van der Waals surface area contributed by atoms with Crippen molar-refractivity contribution in [2.75, 3.05) is 17.2 Å². The molecule has 0 bridgehead atoms. The Morgan fingerprint density at radius 1 is 1.00 bits per heavy atom. The number of carbonyl (C=O) groups is 1. The van der Waals surface area contributed by atoms with E-state index in [4.69, 9.17) is 0 Å². The molecule has 0 unspecified atom stereocenters. The zero-order valence-corrected chi connectivity index (χ0v) is 12.6. The number of benzene rings is 2. The van der Waals surface area contributed by atoms with Gasteiger partial charge in [0, 0.05) is 23.5 Å². The van der Waals surface area contributed by atoms with Crippen molar-refractivity contribution < 1.29 is 4.79 Å². The van der Waals surface area contributed by atoms with E-state index in [0.29, 0.717) is 5.56 Å². The quantitative estimate of drug-likeness (QED) is 0.768. The summed E-state index contributed by atoms with van der Waals surface area (Å²) >= 11 is 0. The standard InChI is InChI=1S/C18H22N2O/c1-3-4-13-19-15-9-11-16(12-10-15)20-18(21)17-8-6-5-7-14(17)2/h5-12,19H,3-4,13H2,1-2H3,(H,20,21). The Labute approximate surface area is 126 Å². The third kappa shape index (κ3) is 4.35. The van der Waals surface area contributed by atoms with Gasteiger partial charge in [0.2, 0.25) is 0 Å². The minimum Gasteiger partial charge on any atom is -0.385 e. The second-order valence-corrected chi connectivity index (χ2v) is 5.13. The van der Waals surface area contributed by atoms with Crippen LogP contribution in [0.15, 0.2) is 48.5 Å². The summed E-state index contributed by atoms with van der Waals surface area (Å²) < 4.78 is 0. The van der Waals surface area contributed by atoms with Gasteiger partial charge in [-0.3, -0.25) is 4.79 Å². The molecular weight excluding hydrogens is 260 g/mol. The highest BCUT2D eigenvalue weighted by molar-refractivity contribution is 6.05. The zero-order valence-electron chi connectivity index (χ0n) is 12.6. The lowest BCUT2D eigenvalue weighted by molar-refractivity contribution is 0.102. The Kier molecular flexibility index (Phi) is 5.38. The molecule has 0 fully saturated rings. The molecule has 2 N–H and O–H groups in total. The van der Waals surface area contributed by atoms with Crippen LogP contribution in [0.1, 0.15) is 35.7 Å². The summed E-state index contributed by atoms with van der Waals surface area (Å²) in [5, 5.41) is 6.28. The minimum absolute atomic E-state index is 0.0696. The van der Waals surface area contributed by atoms with E-state index < -0.39 is 0 Å². The fourth-order valence-electron chi connectivity index (χ4n) is 2.11. The van der Waals surface area contributed by atoms with Crippen molar-refractivity contribution in [1.29, 1.82) is 0 Å². The fourth-order valence-corrected chi connectivity index (χ4v) is 2.11. The molecule has 0 aliphatic carbocycles. The van der Waals surface area contributed by atoms with Gasteiger partial charge in [-0.2, -0.15) is 0 Å². The van der Waals surface area contributed by atoms with E-state index in [2.05, 4.69) is 17.6 Å². The van der Waals surface area contributed by atoms with Crippen LogP contribution in [0.3, 0.4) is 0 Å². The second kappa shape index (κ2) is 7.48. The van der Waals surface area contributed by atoms with E-state index in [0.717, 1.165) is 29.9 Å². The first-order valence-electron chi connectivity index (χ1n) is 7.41. The maximum Gasteiger partial charge on any atom is 0.255 e. The topological polar surface area (TPSA) is 41.1 Å². The minimum atomic E-state index is -0.0696. The van der Waals surface area contributed by atoms with Gasteiger partial charge < -0.3 is 10.6 Å². The van der Waals surface area contributed by atoms with Crippen LogP contribution in [0.5, 0.6) is 0 Å². The largest absolute Gasteiger partial charge is 0.385 e. The molecule has 3 heteroatoms. The van der Waals surface area contributed by atoms with Crippen molar-refractivity contribution in [3.05, 3.63) is 59.7 Å². The first-order valence-corrected chi connectivity index (χ1v) is 7.41. The number of unbranched alkanes of at least 4 members (excludes halogenated alkanes) is 1. The molecule has 0 aromatic heterocycles. The van der Waals surface area contributed by atoms with Crippen LogP contribution < -0.4 is 10.6 Å². The van der Waals surface area contributed by atoms with E-state index in [-0.39, 0.29) is 5.91 Å². The molecule has 21 heavy (non-hydrogen) atoms. The Balaban J connectivity index is 1.97. The van der Waals surface area contributed by atoms with Gasteiger partial charge in [0.1, 0.15) is 0 Å². The van der Waals surface area contributed by atoms with Gasteiger partial charge in [-0.05, 0) is 49.2 Å². The van der Waals surface area contributed by atoms with Crippen LogP contribution in [-0.4, -0.2) is 12.5 Å². The lowest BCUT2D eigenvalue weighted by atomic mass is 10.1. The fraction of sp³-hybridized carbons (Fsp3) is 0.278. The average Bonchev–Trinajstić information content (AvgIpc) is 2.49. The van der Waals surface area contributed by atoms with E-state index in [1.54, 1.807) is 0 Å². The Hall–Kier alpha value is -2.29. The number of hydrogen-bond donors (Lipinski definition) is 2.